The number of hydrogen-bond acceptors (Lipinski definition) is 6. The van der Waals surface area contributed by atoms with Crippen molar-refractivity contribution < 1.29 is 19.1 Å². The molecule has 0 aromatic rings. The molecule has 0 aromatic heterocycles. The Morgan fingerprint density at radius 1 is 1.00 bits per heavy atom. The smallest absolute Gasteiger partial charge is 0.311 e. The fourth-order valence-electron chi connectivity index (χ4n) is 2.89. The maximum absolute atomic E-state index is 12.1. The minimum Gasteiger partial charge on any atom is -0.454 e. The first-order valence-corrected chi connectivity index (χ1v) is 8.97. The summed E-state index contributed by atoms with van der Waals surface area (Å²) >= 11 is 2.90. The highest BCUT2D eigenvalue weighted by Crippen LogP contribution is 2.49. The Hall–Kier alpha value is -0.620. The van der Waals surface area contributed by atoms with Crippen LogP contribution in [0.25, 0.3) is 0 Å². The molecule has 6 heteroatoms. The van der Waals surface area contributed by atoms with Gasteiger partial charge in [0.05, 0.1) is 11.8 Å². The Morgan fingerprint density at radius 2 is 1.42 bits per heavy atom. The van der Waals surface area contributed by atoms with Crippen molar-refractivity contribution in [3.05, 3.63) is 12.2 Å². The molecular formula is C13H18O4S2. The molecule has 2 aliphatic rings. The third-order valence-electron chi connectivity index (χ3n) is 3.64. The Morgan fingerprint density at radius 3 is 1.79 bits per heavy atom. The highest BCUT2D eigenvalue weighted by molar-refractivity contribution is 7.98. The minimum atomic E-state index is -0.364. The molecule has 4 atom stereocenters. The zero-order valence-electron chi connectivity index (χ0n) is 11.0. The Bertz CT molecular complexity index is 349. The van der Waals surface area contributed by atoms with Crippen molar-refractivity contribution in [2.75, 3.05) is 24.4 Å². The number of ether oxygens (including phenoxy) is 2. The summed E-state index contributed by atoms with van der Waals surface area (Å²) in [5.41, 5.74) is 0. The van der Waals surface area contributed by atoms with Gasteiger partial charge in [0.2, 0.25) is 0 Å². The fourth-order valence-corrected chi connectivity index (χ4v) is 3.36. The summed E-state index contributed by atoms with van der Waals surface area (Å²) in [6.07, 6.45) is 8.68. The topological polar surface area (TPSA) is 52.6 Å². The van der Waals surface area contributed by atoms with E-state index in [2.05, 4.69) is 0 Å². The zero-order chi connectivity index (χ0) is 13.8. The standard InChI is InChI=1S/C13H18O4S2/c1-18-6-16-12(14)10-8-3-4-9(5-8)11(10)13(15)17-7-19-2/h3-4,8-11H,5-7H2,1-2H3. The minimum absolute atomic E-state index is 0.131. The molecule has 2 aliphatic carbocycles. The zero-order valence-corrected chi connectivity index (χ0v) is 12.7. The van der Waals surface area contributed by atoms with Crippen LogP contribution < -0.4 is 0 Å². The number of rotatable bonds is 6. The quantitative estimate of drug-likeness (QED) is 0.426. The number of allylic oxidation sites excluding steroid dienone is 2. The first-order chi connectivity index (χ1) is 9.19. The summed E-state index contributed by atoms with van der Waals surface area (Å²) in [5, 5.41) is 0. The van der Waals surface area contributed by atoms with Crippen LogP contribution in [-0.4, -0.2) is 36.3 Å². The Kier molecular flexibility index (Phi) is 5.21. The van der Waals surface area contributed by atoms with E-state index < -0.39 is 0 Å². The molecule has 0 aliphatic heterocycles. The number of esters is 2. The molecule has 0 aromatic carbocycles. The molecule has 4 unspecified atom stereocenters. The molecule has 0 radical (unpaired) electrons. The van der Waals surface area contributed by atoms with Crippen LogP contribution in [0.5, 0.6) is 0 Å². The maximum atomic E-state index is 12.1. The summed E-state index contributed by atoms with van der Waals surface area (Å²) in [6, 6.07) is 0. The van der Waals surface area contributed by atoms with E-state index in [9.17, 15) is 9.59 Å². The molecule has 0 saturated heterocycles. The molecule has 19 heavy (non-hydrogen) atoms. The highest BCUT2D eigenvalue weighted by Gasteiger charge is 2.53. The number of carbonyl (C=O) groups is 2. The van der Waals surface area contributed by atoms with Crippen LogP contribution in [-0.2, 0) is 19.1 Å². The van der Waals surface area contributed by atoms with Gasteiger partial charge in [0.15, 0.2) is 0 Å². The van der Waals surface area contributed by atoms with Crippen molar-refractivity contribution in [2.45, 2.75) is 6.42 Å². The van der Waals surface area contributed by atoms with Crippen LogP contribution in [0, 0.1) is 23.7 Å². The van der Waals surface area contributed by atoms with Gasteiger partial charge in [-0.1, -0.05) is 12.2 Å². The monoisotopic (exact) mass is 302 g/mol. The number of carbonyl (C=O) groups excluding carboxylic acids is 2. The van der Waals surface area contributed by atoms with Gasteiger partial charge in [0, 0.05) is 0 Å². The van der Waals surface area contributed by atoms with Gasteiger partial charge in [-0.25, -0.2) is 0 Å². The van der Waals surface area contributed by atoms with E-state index in [1.807, 2.05) is 24.7 Å². The van der Waals surface area contributed by atoms with Gasteiger partial charge in [-0.2, -0.15) is 0 Å². The van der Waals surface area contributed by atoms with Crippen molar-refractivity contribution in [2.24, 2.45) is 23.7 Å². The van der Waals surface area contributed by atoms with Gasteiger partial charge < -0.3 is 9.47 Å². The lowest BCUT2D eigenvalue weighted by Crippen LogP contribution is -2.35. The summed E-state index contributed by atoms with van der Waals surface area (Å²) in [5.74, 6) is -0.327. The average molecular weight is 302 g/mol. The Balaban J connectivity index is 2.04. The van der Waals surface area contributed by atoms with Crippen LogP contribution in [0.4, 0.5) is 0 Å². The van der Waals surface area contributed by atoms with Crippen LogP contribution in [0.2, 0.25) is 0 Å². The number of hydrogen-bond donors (Lipinski definition) is 0. The summed E-state index contributed by atoms with van der Waals surface area (Å²) < 4.78 is 10.4. The van der Waals surface area contributed by atoms with Crippen molar-refractivity contribution >= 4 is 35.5 Å². The van der Waals surface area contributed by atoms with Gasteiger partial charge in [-0.05, 0) is 30.8 Å². The SMILES string of the molecule is CSCOC(=O)C1C2C=CC(C2)C1C(=O)OCSC. The largest absolute Gasteiger partial charge is 0.454 e. The lowest BCUT2D eigenvalue weighted by molar-refractivity contribution is -0.159. The van der Waals surface area contributed by atoms with Crippen molar-refractivity contribution in [1.82, 2.24) is 0 Å². The molecule has 0 N–H and O–H groups in total. The molecule has 0 amide bonds. The summed E-state index contributed by atoms with van der Waals surface area (Å²) in [4.78, 5) is 24.2. The summed E-state index contributed by atoms with van der Waals surface area (Å²) in [6.45, 7) is 0. The lowest BCUT2D eigenvalue weighted by atomic mass is 9.83. The van der Waals surface area contributed by atoms with Gasteiger partial charge >= 0.3 is 11.9 Å². The second-order valence-corrected chi connectivity index (χ2v) is 6.37. The van der Waals surface area contributed by atoms with Gasteiger partial charge in [0.25, 0.3) is 0 Å². The second-order valence-electron chi connectivity index (χ2n) is 4.74. The van der Waals surface area contributed by atoms with E-state index >= 15 is 0 Å². The lowest BCUT2D eigenvalue weighted by Gasteiger charge is -2.24. The molecule has 106 valence electrons. The fraction of sp³-hybridized carbons (Fsp3) is 0.692. The number of fused-ring (bicyclic) bond motifs is 2. The molecule has 1 fully saturated rings. The molecule has 2 bridgehead atoms. The van der Waals surface area contributed by atoms with Crippen molar-refractivity contribution in [3.63, 3.8) is 0 Å². The molecule has 0 spiro atoms. The molecule has 1 saturated carbocycles. The predicted molar refractivity (Wildman–Crippen MR) is 76.7 cm³/mol. The van der Waals surface area contributed by atoms with Gasteiger partial charge in [0.1, 0.15) is 11.9 Å². The average Bonchev–Trinajstić information content (AvgIpc) is 3.02. The van der Waals surface area contributed by atoms with Crippen molar-refractivity contribution in [3.8, 4) is 0 Å². The molecule has 4 nitrogen and oxygen atoms in total. The normalized spacial score (nSPS) is 31.5. The van der Waals surface area contributed by atoms with Crippen LogP contribution in [0.3, 0.4) is 0 Å². The van der Waals surface area contributed by atoms with Crippen LogP contribution in [0.15, 0.2) is 12.2 Å². The second kappa shape index (κ2) is 6.70. The molecular weight excluding hydrogens is 284 g/mol. The van der Waals surface area contributed by atoms with E-state index in [4.69, 9.17) is 9.47 Å². The Labute approximate surface area is 121 Å². The van der Waals surface area contributed by atoms with E-state index in [0.29, 0.717) is 11.9 Å². The van der Waals surface area contributed by atoms with E-state index in [1.165, 1.54) is 23.5 Å². The van der Waals surface area contributed by atoms with Gasteiger partial charge in [-0.3, -0.25) is 9.59 Å². The first-order valence-electron chi connectivity index (χ1n) is 6.18. The van der Waals surface area contributed by atoms with E-state index in [1.54, 1.807) is 0 Å². The van der Waals surface area contributed by atoms with Gasteiger partial charge in [-0.15, -0.1) is 23.5 Å². The highest BCUT2D eigenvalue weighted by atomic mass is 32.2. The number of thioether (sulfide) groups is 2. The van der Waals surface area contributed by atoms with E-state index in [0.717, 1.165) is 6.42 Å². The molecule has 2 rings (SSSR count). The third-order valence-corrected chi connectivity index (χ3v) is 4.35. The van der Waals surface area contributed by atoms with Crippen LogP contribution in [0.1, 0.15) is 6.42 Å². The third kappa shape index (κ3) is 3.11. The summed E-state index contributed by atoms with van der Waals surface area (Å²) in [7, 11) is 0. The molecule has 0 heterocycles. The predicted octanol–water partition coefficient (Wildman–Crippen LogP) is 2.15. The van der Waals surface area contributed by atoms with Crippen LogP contribution >= 0.6 is 23.5 Å². The van der Waals surface area contributed by atoms with Crippen molar-refractivity contribution in [1.29, 1.82) is 0 Å². The van der Waals surface area contributed by atoms with E-state index in [-0.39, 0.29) is 35.6 Å². The maximum Gasteiger partial charge on any atom is 0.311 e. The first kappa shape index (κ1) is 14.8.